The Morgan fingerprint density at radius 3 is 2.48 bits per heavy atom. The van der Waals surface area contributed by atoms with E-state index in [-0.39, 0.29) is 17.1 Å². The molecular formula is C12H16N2O6S. The van der Waals surface area contributed by atoms with E-state index in [9.17, 15) is 18.0 Å². The molecule has 1 heterocycles. The molecule has 0 spiro atoms. The first-order valence-corrected chi connectivity index (χ1v) is 7.53. The maximum Gasteiger partial charge on any atom is 0.356 e. The van der Waals surface area contributed by atoms with E-state index < -0.39 is 28.5 Å². The number of hydrogen-bond acceptors (Lipinski definition) is 6. The second kappa shape index (κ2) is 7.14. The van der Waals surface area contributed by atoms with Gasteiger partial charge in [0.2, 0.25) is 10.0 Å². The number of carboxylic acid groups (broad SMARTS) is 1. The molecule has 1 rings (SSSR count). The van der Waals surface area contributed by atoms with E-state index in [1.807, 2.05) is 0 Å². The first-order chi connectivity index (χ1) is 9.82. The third-order valence-corrected chi connectivity index (χ3v) is 4.38. The van der Waals surface area contributed by atoms with Gasteiger partial charge < -0.3 is 9.84 Å². The fraction of sp³-hybridized carbons (Fsp3) is 0.417. The van der Waals surface area contributed by atoms with Crippen LogP contribution in [0.4, 0.5) is 0 Å². The lowest BCUT2D eigenvalue weighted by Gasteiger charge is -2.19. The normalized spacial score (nSPS) is 11.4. The standard InChI is InChI=1S/C12H16N2O6S/c1-3-6-14(8-11(15)16)21(18,19)9-4-5-10(13-7-9)12(17)20-2/h4-5,7H,3,6,8H2,1-2H3,(H,15,16). The number of pyridine rings is 1. The van der Waals surface area contributed by atoms with Crippen molar-refractivity contribution in [3.05, 3.63) is 24.0 Å². The van der Waals surface area contributed by atoms with Crippen LogP contribution in [0, 0.1) is 0 Å². The van der Waals surface area contributed by atoms with E-state index >= 15 is 0 Å². The average Bonchev–Trinajstić information content (AvgIpc) is 2.45. The molecule has 0 aliphatic heterocycles. The second-order valence-corrected chi connectivity index (χ2v) is 6.04. The Bertz CT molecular complexity index is 611. The van der Waals surface area contributed by atoms with Gasteiger partial charge in [0.1, 0.15) is 17.1 Å². The molecule has 9 heteroatoms. The number of ether oxygens (including phenoxy) is 1. The number of aromatic nitrogens is 1. The summed E-state index contributed by atoms with van der Waals surface area (Å²) in [6.45, 7) is 1.19. The van der Waals surface area contributed by atoms with Crippen LogP contribution in [0.5, 0.6) is 0 Å². The monoisotopic (exact) mass is 316 g/mol. The fourth-order valence-corrected chi connectivity index (χ4v) is 3.02. The molecule has 0 aliphatic rings. The third-order valence-electron chi connectivity index (χ3n) is 2.55. The number of nitrogens with zero attached hydrogens (tertiary/aromatic N) is 2. The highest BCUT2D eigenvalue weighted by Crippen LogP contribution is 2.15. The van der Waals surface area contributed by atoms with Crippen molar-refractivity contribution in [2.75, 3.05) is 20.2 Å². The highest BCUT2D eigenvalue weighted by Gasteiger charge is 2.26. The average molecular weight is 316 g/mol. The Labute approximate surface area is 122 Å². The zero-order valence-corrected chi connectivity index (χ0v) is 12.5. The van der Waals surface area contributed by atoms with Crippen LogP contribution in [-0.2, 0) is 19.6 Å². The summed E-state index contributed by atoms with van der Waals surface area (Å²) in [5.74, 6) is -1.93. The lowest BCUT2D eigenvalue weighted by Crippen LogP contribution is -2.36. The first kappa shape index (κ1) is 17.1. The Morgan fingerprint density at radius 1 is 1.38 bits per heavy atom. The molecule has 0 bridgehead atoms. The van der Waals surface area contributed by atoms with Crippen molar-refractivity contribution < 1.29 is 27.9 Å². The highest BCUT2D eigenvalue weighted by atomic mass is 32.2. The molecule has 1 aromatic rings. The van der Waals surface area contributed by atoms with Gasteiger partial charge in [0, 0.05) is 12.7 Å². The van der Waals surface area contributed by atoms with Crippen LogP contribution >= 0.6 is 0 Å². The van der Waals surface area contributed by atoms with E-state index in [1.165, 1.54) is 19.2 Å². The van der Waals surface area contributed by atoms with Crippen molar-refractivity contribution >= 4 is 22.0 Å². The number of esters is 1. The van der Waals surface area contributed by atoms with E-state index in [0.29, 0.717) is 6.42 Å². The number of aliphatic carboxylic acids is 1. The second-order valence-electron chi connectivity index (χ2n) is 4.10. The topological polar surface area (TPSA) is 114 Å². The van der Waals surface area contributed by atoms with Crippen molar-refractivity contribution in [2.24, 2.45) is 0 Å². The van der Waals surface area contributed by atoms with Crippen LogP contribution in [0.1, 0.15) is 23.8 Å². The van der Waals surface area contributed by atoms with E-state index in [4.69, 9.17) is 5.11 Å². The zero-order chi connectivity index (χ0) is 16.0. The molecule has 0 unspecified atom stereocenters. The van der Waals surface area contributed by atoms with Crippen LogP contribution in [0.25, 0.3) is 0 Å². The summed E-state index contributed by atoms with van der Waals surface area (Å²) in [6, 6.07) is 2.41. The maximum absolute atomic E-state index is 12.3. The molecule has 1 N–H and O–H groups in total. The van der Waals surface area contributed by atoms with Gasteiger partial charge in [-0.15, -0.1) is 0 Å². The van der Waals surface area contributed by atoms with Gasteiger partial charge in [0.25, 0.3) is 0 Å². The summed E-state index contributed by atoms with van der Waals surface area (Å²) in [5.41, 5.74) is -0.0308. The number of methoxy groups -OCH3 is 1. The lowest BCUT2D eigenvalue weighted by atomic mass is 10.3. The van der Waals surface area contributed by atoms with Crippen molar-refractivity contribution in [2.45, 2.75) is 18.2 Å². The Morgan fingerprint density at radius 2 is 2.05 bits per heavy atom. The SMILES string of the molecule is CCCN(CC(=O)O)S(=O)(=O)c1ccc(C(=O)OC)nc1. The van der Waals surface area contributed by atoms with Gasteiger partial charge in [-0.05, 0) is 18.6 Å². The maximum atomic E-state index is 12.3. The molecule has 0 saturated heterocycles. The van der Waals surface area contributed by atoms with Gasteiger partial charge in [-0.2, -0.15) is 4.31 Å². The fourth-order valence-electron chi connectivity index (χ4n) is 1.59. The summed E-state index contributed by atoms with van der Waals surface area (Å²) in [5, 5.41) is 8.79. The minimum absolute atomic E-state index is 0.0308. The molecule has 21 heavy (non-hydrogen) atoms. The summed E-state index contributed by atoms with van der Waals surface area (Å²) >= 11 is 0. The lowest BCUT2D eigenvalue weighted by molar-refractivity contribution is -0.137. The van der Waals surface area contributed by atoms with Gasteiger partial charge >= 0.3 is 11.9 Å². The third kappa shape index (κ3) is 4.23. The highest BCUT2D eigenvalue weighted by molar-refractivity contribution is 7.89. The number of carbonyl (C=O) groups excluding carboxylic acids is 1. The van der Waals surface area contributed by atoms with Crippen molar-refractivity contribution in [3.63, 3.8) is 0 Å². The Balaban J connectivity index is 3.10. The number of carboxylic acids is 1. The van der Waals surface area contributed by atoms with Gasteiger partial charge in [0.05, 0.1) is 7.11 Å². The van der Waals surface area contributed by atoms with E-state index in [0.717, 1.165) is 10.5 Å². The van der Waals surface area contributed by atoms with Gasteiger partial charge in [-0.1, -0.05) is 6.92 Å². The van der Waals surface area contributed by atoms with Crippen molar-refractivity contribution in [3.8, 4) is 0 Å². The van der Waals surface area contributed by atoms with Gasteiger partial charge in [-0.3, -0.25) is 4.79 Å². The molecule has 0 aromatic carbocycles. The number of rotatable bonds is 7. The molecule has 0 fully saturated rings. The molecule has 0 radical (unpaired) electrons. The molecule has 116 valence electrons. The minimum Gasteiger partial charge on any atom is -0.480 e. The van der Waals surface area contributed by atoms with Crippen LogP contribution < -0.4 is 0 Å². The molecule has 1 aromatic heterocycles. The smallest absolute Gasteiger partial charge is 0.356 e. The molecular weight excluding hydrogens is 300 g/mol. The molecule has 0 atom stereocenters. The molecule has 8 nitrogen and oxygen atoms in total. The molecule has 0 aliphatic carbocycles. The minimum atomic E-state index is -3.97. The Kier molecular flexibility index (Phi) is 5.79. The Hall–Kier alpha value is -2.00. The van der Waals surface area contributed by atoms with Gasteiger partial charge in [0.15, 0.2) is 0 Å². The predicted octanol–water partition coefficient (Wildman–Crippen LogP) is 0.353. The summed E-state index contributed by atoms with van der Waals surface area (Å²) < 4.78 is 29.9. The van der Waals surface area contributed by atoms with Crippen molar-refractivity contribution in [1.29, 1.82) is 0 Å². The van der Waals surface area contributed by atoms with Crippen molar-refractivity contribution in [1.82, 2.24) is 9.29 Å². The molecule has 0 saturated carbocycles. The number of hydrogen-bond donors (Lipinski definition) is 1. The summed E-state index contributed by atoms with van der Waals surface area (Å²) in [7, 11) is -2.78. The van der Waals surface area contributed by atoms with Crippen LogP contribution in [0.15, 0.2) is 23.2 Å². The van der Waals surface area contributed by atoms with Crippen LogP contribution in [-0.4, -0.2) is 55.0 Å². The quantitative estimate of drug-likeness (QED) is 0.722. The summed E-state index contributed by atoms with van der Waals surface area (Å²) in [4.78, 5) is 25.5. The van der Waals surface area contributed by atoms with Crippen LogP contribution in [0.2, 0.25) is 0 Å². The summed E-state index contributed by atoms with van der Waals surface area (Å²) in [6.07, 6.45) is 1.48. The van der Waals surface area contributed by atoms with E-state index in [1.54, 1.807) is 6.92 Å². The largest absolute Gasteiger partial charge is 0.480 e. The number of sulfonamides is 1. The first-order valence-electron chi connectivity index (χ1n) is 6.09. The van der Waals surface area contributed by atoms with E-state index in [2.05, 4.69) is 9.72 Å². The van der Waals surface area contributed by atoms with Crippen LogP contribution in [0.3, 0.4) is 0 Å². The number of carbonyl (C=O) groups is 2. The molecule has 0 amide bonds. The van der Waals surface area contributed by atoms with Gasteiger partial charge in [-0.25, -0.2) is 18.2 Å². The zero-order valence-electron chi connectivity index (χ0n) is 11.6. The predicted molar refractivity (Wildman–Crippen MR) is 72.3 cm³/mol.